The summed E-state index contributed by atoms with van der Waals surface area (Å²) in [6, 6.07) is 14.7. The van der Waals surface area contributed by atoms with E-state index in [1.165, 1.54) is 4.90 Å². The number of hydrogen-bond donors (Lipinski definition) is 1. The van der Waals surface area contributed by atoms with Crippen LogP contribution in [0.25, 0.3) is 0 Å². The second kappa shape index (κ2) is 9.23. The van der Waals surface area contributed by atoms with Gasteiger partial charge in [0.1, 0.15) is 18.0 Å². The van der Waals surface area contributed by atoms with Crippen molar-refractivity contribution in [2.24, 2.45) is 11.0 Å². The van der Waals surface area contributed by atoms with E-state index in [9.17, 15) is 9.59 Å². The molecule has 2 aromatic carbocycles. The quantitative estimate of drug-likeness (QED) is 0.577. The second-order valence-corrected chi connectivity index (χ2v) is 7.20. The van der Waals surface area contributed by atoms with Crippen molar-refractivity contribution in [3.8, 4) is 11.5 Å². The normalized spacial score (nSPS) is 13.7. The number of para-hydroxylation sites is 2. The SMILES string of the molecule is C/C(=N/NC(=O)CN1C(=O)COc2ccccc21)c1ccc(OCC(C)C)cc1. The van der Waals surface area contributed by atoms with E-state index in [0.29, 0.717) is 29.7 Å². The molecular weight excluding hydrogens is 370 g/mol. The molecule has 0 fully saturated rings. The zero-order chi connectivity index (χ0) is 20.8. The van der Waals surface area contributed by atoms with Gasteiger partial charge in [0.05, 0.1) is 18.0 Å². The number of rotatable bonds is 7. The fourth-order valence-electron chi connectivity index (χ4n) is 2.77. The number of nitrogens with zero attached hydrogens (tertiary/aromatic N) is 2. The van der Waals surface area contributed by atoms with E-state index in [2.05, 4.69) is 24.4 Å². The van der Waals surface area contributed by atoms with Gasteiger partial charge >= 0.3 is 0 Å². The molecule has 152 valence electrons. The molecule has 0 atom stereocenters. The second-order valence-electron chi connectivity index (χ2n) is 7.20. The van der Waals surface area contributed by atoms with Crippen molar-refractivity contribution in [2.45, 2.75) is 20.8 Å². The molecule has 0 saturated heterocycles. The molecule has 1 aliphatic rings. The van der Waals surface area contributed by atoms with Gasteiger partial charge in [-0.2, -0.15) is 5.10 Å². The third-order valence-electron chi connectivity index (χ3n) is 4.31. The summed E-state index contributed by atoms with van der Waals surface area (Å²) in [5.74, 6) is 1.18. The number of hydrogen-bond acceptors (Lipinski definition) is 5. The van der Waals surface area contributed by atoms with Crippen molar-refractivity contribution in [1.29, 1.82) is 0 Å². The van der Waals surface area contributed by atoms with Crippen LogP contribution in [0.1, 0.15) is 26.3 Å². The molecule has 0 aliphatic carbocycles. The first kappa shape index (κ1) is 20.4. The zero-order valence-electron chi connectivity index (χ0n) is 16.8. The first-order valence-electron chi connectivity index (χ1n) is 9.52. The highest BCUT2D eigenvalue weighted by Crippen LogP contribution is 2.31. The lowest BCUT2D eigenvalue weighted by Crippen LogP contribution is -2.44. The number of hydrazone groups is 1. The topological polar surface area (TPSA) is 80.2 Å². The van der Waals surface area contributed by atoms with Crippen molar-refractivity contribution in [1.82, 2.24) is 5.43 Å². The zero-order valence-corrected chi connectivity index (χ0v) is 16.8. The number of benzene rings is 2. The Bertz CT molecular complexity index is 907. The third kappa shape index (κ3) is 5.34. The average molecular weight is 395 g/mol. The lowest BCUT2D eigenvalue weighted by atomic mass is 10.1. The predicted octanol–water partition coefficient (Wildman–Crippen LogP) is 2.99. The molecule has 1 N–H and O–H groups in total. The Morgan fingerprint density at radius 1 is 1.21 bits per heavy atom. The van der Waals surface area contributed by atoms with Gasteiger partial charge in [0, 0.05) is 0 Å². The Kier molecular flexibility index (Phi) is 6.49. The van der Waals surface area contributed by atoms with Crippen molar-refractivity contribution in [3.63, 3.8) is 0 Å². The highest BCUT2D eigenvalue weighted by molar-refractivity contribution is 6.03. The summed E-state index contributed by atoms with van der Waals surface area (Å²) in [4.78, 5) is 25.9. The predicted molar refractivity (Wildman–Crippen MR) is 111 cm³/mol. The van der Waals surface area contributed by atoms with E-state index < -0.39 is 0 Å². The van der Waals surface area contributed by atoms with Crippen molar-refractivity contribution >= 4 is 23.2 Å². The maximum atomic E-state index is 12.3. The number of fused-ring (bicyclic) bond motifs is 1. The van der Waals surface area contributed by atoms with Gasteiger partial charge < -0.3 is 9.47 Å². The summed E-state index contributed by atoms with van der Waals surface area (Å²) in [5.41, 5.74) is 4.62. The minimum Gasteiger partial charge on any atom is -0.493 e. The number of nitrogens with one attached hydrogen (secondary N) is 1. The molecule has 2 aromatic rings. The van der Waals surface area contributed by atoms with Crippen molar-refractivity contribution < 1.29 is 19.1 Å². The molecule has 0 aromatic heterocycles. The number of amides is 2. The lowest BCUT2D eigenvalue weighted by molar-refractivity contribution is -0.125. The van der Waals surface area contributed by atoms with Gasteiger partial charge in [-0.15, -0.1) is 0 Å². The van der Waals surface area contributed by atoms with Crippen LogP contribution in [0.5, 0.6) is 11.5 Å². The van der Waals surface area contributed by atoms with Crippen LogP contribution >= 0.6 is 0 Å². The molecule has 1 heterocycles. The first-order chi connectivity index (χ1) is 13.9. The van der Waals surface area contributed by atoms with Crippen LogP contribution in [-0.4, -0.2) is 37.3 Å². The number of carbonyl (C=O) groups excluding carboxylic acids is 2. The fraction of sp³-hybridized carbons (Fsp3) is 0.318. The van der Waals surface area contributed by atoms with E-state index >= 15 is 0 Å². The first-order valence-corrected chi connectivity index (χ1v) is 9.52. The highest BCUT2D eigenvalue weighted by atomic mass is 16.5. The lowest BCUT2D eigenvalue weighted by Gasteiger charge is -2.28. The van der Waals surface area contributed by atoms with E-state index in [4.69, 9.17) is 9.47 Å². The van der Waals surface area contributed by atoms with Crippen LogP contribution in [0.3, 0.4) is 0 Å². The molecule has 0 unspecified atom stereocenters. The minimum atomic E-state index is -0.383. The van der Waals surface area contributed by atoms with Gasteiger partial charge in [-0.1, -0.05) is 26.0 Å². The van der Waals surface area contributed by atoms with Crippen LogP contribution in [0, 0.1) is 5.92 Å². The smallest absolute Gasteiger partial charge is 0.265 e. The molecular formula is C22H25N3O4. The van der Waals surface area contributed by atoms with E-state index in [0.717, 1.165) is 11.3 Å². The molecule has 0 saturated carbocycles. The summed E-state index contributed by atoms with van der Waals surface area (Å²) in [5, 5.41) is 4.15. The minimum absolute atomic E-state index is 0.0855. The summed E-state index contributed by atoms with van der Waals surface area (Å²) >= 11 is 0. The molecule has 29 heavy (non-hydrogen) atoms. The molecule has 0 bridgehead atoms. The van der Waals surface area contributed by atoms with Crippen LogP contribution in [-0.2, 0) is 9.59 Å². The molecule has 7 heteroatoms. The van der Waals surface area contributed by atoms with Gasteiger partial charge in [-0.25, -0.2) is 5.43 Å². The summed E-state index contributed by atoms with van der Waals surface area (Å²) in [7, 11) is 0. The Labute approximate surface area is 170 Å². The number of ether oxygens (including phenoxy) is 2. The summed E-state index contributed by atoms with van der Waals surface area (Å²) in [6.07, 6.45) is 0. The van der Waals surface area contributed by atoms with Crippen LogP contribution in [0.4, 0.5) is 5.69 Å². The molecule has 7 nitrogen and oxygen atoms in total. The summed E-state index contributed by atoms with van der Waals surface area (Å²) in [6.45, 7) is 6.44. The van der Waals surface area contributed by atoms with Gasteiger partial charge in [-0.05, 0) is 54.8 Å². The van der Waals surface area contributed by atoms with Crippen LogP contribution < -0.4 is 19.8 Å². The molecule has 0 spiro atoms. The molecule has 2 amide bonds. The van der Waals surface area contributed by atoms with Gasteiger partial charge in [0.2, 0.25) is 0 Å². The average Bonchev–Trinajstić information content (AvgIpc) is 2.73. The molecule has 0 radical (unpaired) electrons. The number of anilines is 1. The van der Waals surface area contributed by atoms with E-state index in [1.54, 1.807) is 25.1 Å². The van der Waals surface area contributed by atoms with Crippen molar-refractivity contribution in [2.75, 3.05) is 24.7 Å². The van der Waals surface area contributed by atoms with E-state index in [-0.39, 0.29) is 25.0 Å². The van der Waals surface area contributed by atoms with Crippen LogP contribution in [0.15, 0.2) is 53.6 Å². The van der Waals surface area contributed by atoms with Gasteiger partial charge in [0.25, 0.3) is 11.8 Å². The van der Waals surface area contributed by atoms with E-state index in [1.807, 2.05) is 30.3 Å². The maximum absolute atomic E-state index is 12.3. The Balaban J connectivity index is 1.59. The number of carbonyl (C=O) groups is 2. The van der Waals surface area contributed by atoms with Crippen molar-refractivity contribution in [3.05, 3.63) is 54.1 Å². The summed E-state index contributed by atoms with van der Waals surface area (Å²) < 4.78 is 11.0. The Morgan fingerprint density at radius 3 is 2.66 bits per heavy atom. The molecule has 3 rings (SSSR count). The Morgan fingerprint density at radius 2 is 1.93 bits per heavy atom. The Hall–Kier alpha value is -3.35. The highest BCUT2D eigenvalue weighted by Gasteiger charge is 2.26. The van der Waals surface area contributed by atoms with Gasteiger partial charge in [0.15, 0.2) is 6.61 Å². The molecule has 1 aliphatic heterocycles. The maximum Gasteiger partial charge on any atom is 0.265 e. The standard InChI is InChI=1S/C22H25N3O4/c1-15(2)13-28-18-10-8-17(9-11-18)16(3)23-24-21(26)12-25-19-6-4-5-7-20(19)29-14-22(25)27/h4-11,15H,12-14H2,1-3H3,(H,24,26)/b23-16-. The monoisotopic (exact) mass is 395 g/mol. The fourth-order valence-corrected chi connectivity index (χ4v) is 2.77. The largest absolute Gasteiger partial charge is 0.493 e. The third-order valence-corrected chi connectivity index (χ3v) is 4.31. The van der Waals surface area contributed by atoms with Gasteiger partial charge in [-0.3, -0.25) is 14.5 Å². The van der Waals surface area contributed by atoms with Crippen LogP contribution in [0.2, 0.25) is 0 Å².